The Balaban J connectivity index is 1.77. The average molecular weight is 389 g/mol. The number of ether oxygens (including phenoxy) is 2. The number of rotatable bonds is 5. The minimum atomic E-state index is -0.720. The molecule has 0 aliphatic carbocycles. The Hall–Kier alpha value is -2.61. The number of esters is 2. The van der Waals surface area contributed by atoms with Crippen LogP contribution < -0.4 is 0 Å². The molecular formula is C19H19NO6S. The standard InChI is InChI=1S/C19H19NO6S/c1-10-15(18(23)25-9-13-7-5-4-6-8-13)20-16(22)14(11(2)26-12(3)21)17(20)27-19(10)24/h4-8,11,14,17H,9H2,1-3H3/t11-,14+,17+/m1/s1. The summed E-state index contributed by atoms with van der Waals surface area (Å²) >= 11 is 0.956. The van der Waals surface area contributed by atoms with E-state index in [1.54, 1.807) is 6.92 Å². The fourth-order valence-corrected chi connectivity index (χ4v) is 4.43. The van der Waals surface area contributed by atoms with Gasteiger partial charge < -0.3 is 9.47 Å². The van der Waals surface area contributed by atoms with Crippen molar-refractivity contribution in [3.63, 3.8) is 0 Å². The number of hydrogen-bond acceptors (Lipinski definition) is 7. The zero-order valence-electron chi connectivity index (χ0n) is 15.1. The molecule has 1 aromatic rings. The molecule has 2 heterocycles. The molecule has 142 valence electrons. The maximum Gasteiger partial charge on any atom is 0.355 e. The number of thioether (sulfide) groups is 1. The van der Waals surface area contributed by atoms with Gasteiger partial charge in [0.15, 0.2) is 0 Å². The van der Waals surface area contributed by atoms with Crippen molar-refractivity contribution in [2.45, 2.75) is 38.9 Å². The molecule has 2 aliphatic heterocycles. The third-order valence-corrected chi connectivity index (χ3v) is 5.74. The van der Waals surface area contributed by atoms with E-state index < -0.39 is 29.3 Å². The van der Waals surface area contributed by atoms with Crippen LogP contribution in [0.3, 0.4) is 0 Å². The highest BCUT2D eigenvalue weighted by molar-refractivity contribution is 8.14. The highest BCUT2D eigenvalue weighted by Crippen LogP contribution is 2.46. The number of carbonyl (C=O) groups is 4. The van der Waals surface area contributed by atoms with Crippen LogP contribution in [0.15, 0.2) is 41.6 Å². The maximum atomic E-state index is 12.6. The molecule has 3 atom stereocenters. The monoisotopic (exact) mass is 389 g/mol. The van der Waals surface area contributed by atoms with Gasteiger partial charge in [-0.25, -0.2) is 4.79 Å². The SMILES string of the molecule is CC(=O)O[C@H](C)[C@H]1C(=O)N2C(C(=O)OCc3ccccc3)=C(C)C(=O)S[C@@H]12. The van der Waals surface area contributed by atoms with Crippen LogP contribution in [0.25, 0.3) is 0 Å². The molecule has 3 rings (SSSR count). The van der Waals surface area contributed by atoms with Gasteiger partial charge in [-0.3, -0.25) is 19.3 Å². The van der Waals surface area contributed by atoms with E-state index in [4.69, 9.17) is 9.47 Å². The molecule has 0 bridgehead atoms. The van der Waals surface area contributed by atoms with Crippen LogP contribution in [-0.2, 0) is 35.3 Å². The van der Waals surface area contributed by atoms with Gasteiger partial charge in [0.2, 0.25) is 11.0 Å². The minimum absolute atomic E-state index is 0.0315. The first-order chi connectivity index (χ1) is 12.8. The van der Waals surface area contributed by atoms with Crippen LogP contribution in [-0.4, -0.2) is 39.3 Å². The minimum Gasteiger partial charge on any atom is -0.462 e. The Bertz CT molecular complexity index is 834. The molecule has 0 unspecified atom stereocenters. The van der Waals surface area contributed by atoms with Crippen LogP contribution in [0.2, 0.25) is 0 Å². The van der Waals surface area contributed by atoms with Gasteiger partial charge in [0.25, 0.3) is 0 Å². The first-order valence-electron chi connectivity index (χ1n) is 8.44. The number of fused-ring (bicyclic) bond motifs is 1. The summed E-state index contributed by atoms with van der Waals surface area (Å²) in [5, 5.41) is -0.877. The van der Waals surface area contributed by atoms with Gasteiger partial charge in [-0.05, 0) is 19.4 Å². The molecule has 7 nitrogen and oxygen atoms in total. The number of amides is 1. The normalized spacial score (nSPS) is 22.7. The van der Waals surface area contributed by atoms with E-state index in [0.29, 0.717) is 0 Å². The summed E-state index contributed by atoms with van der Waals surface area (Å²) in [6.45, 7) is 4.40. The van der Waals surface area contributed by atoms with E-state index in [9.17, 15) is 19.2 Å². The lowest BCUT2D eigenvalue weighted by Gasteiger charge is -2.50. The quantitative estimate of drug-likeness (QED) is 0.562. The van der Waals surface area contributed by atoms with Gasteiger partial charge in [-0.2, -0.15) is 0 Å². The highest BCUT2D eigenvalue weighted by Gasteiger charge is 2.58. The molecule has 0 saturated carbocycles. The molecule has 1 aromatic carbocycles. The van der Waals surface area contributed by atoms with Crippen molar-refractivity contribution in [2.24, 2.45) is 5.92 Å². The number of β-lactam (4-membered cyclic amide) rings is 1. The lowest BCUT2D eigenvalue weighted by Crippen LogP contribution is -2.65. The largest absolute Gasteiger partial charge is 0.462 e. The van der Waals surface area contributed by atoms with Crippen LogP contribution in [0, 0.1) is 5.92 Å². The van der Waals surface area contributed by atoms with Crippen molar-refractivity contribution >= 4 is 34.7 Å². The summed E-state index contributed by atoms with van der Waals surface area (Å²) in [6, 6.07) is 9.12. The summed E-state index contributed by atoms with van der Waals surface area (Å²) in [4.78, 5) is 50.0. The molecule has 1 saturated heterocycles. The number of hydrogen-bond donors (Lipinski definition) is 0. The van der Waals surface area contributed by atoms with Gasteiger partial charge in [-0.15, -0.1) is 0 Å². The lowest BCUT2D eigenvalue weighted by molar-refractivity contribution is -0.167. The van der Waals surface area contributed by atoms with Gasteiger partial charge in [0.05, 0.1) is 0 Å². The predicted molar refractivity (Wildman–Crippen MR) is 96.9 cm³/mol. The first kappa shape index (κ1) is 19.2. The molecule has 0 radical (unpaired) electrons. The molecule has 8 heteroatoms. The zero-order chi connectivity index (χ0) is 19.7. The molecule has 27 heavy (non-hydrogen) atoms. The third kappa shape index (κ3) is 3.62. The Kier molecular flexibility index (Phi) is 5.36. The summed E-state index contributed by atoms with van der Waals surface area (Å²) in [5.41, 5.74) is 0.950. The summed E-state index contributed by atoms with van der Waals surface area (Å²) in [5.74, 6) is -2.26. The third-order valence-electron chi connectivity index (χ3n) is 4.48. The average Bonchev–Trinajstić information content (AvgIpc) is 2.62. The van der Waals surface area contributed by atoms with E-state index in [1.807, 2.05) is 30.3 Å². The molecule has 2 aliphatic rings. The van der Waals surface area contributed by atoms with Crippen molar-refractivity contribution in [1.29, 1.82) is 0 Å². The molecule has 1 amide bonds. The predicted octanol–water partition coefficient (Wildman–Crippen LogP) is 2.01. The van der Waals surface area contributed by atoms with E-state index in [0.717, 1.165) is 17.3 Å². The van der Waals surface area contributed by atoms with Crippen LogP contribution in [0.1, 0.15) is 26.3 Å². The van der Waals surface area contributed by atoms with E-state index in [1.165, 1.54) is 18.7 Å². The van der Waals surface area contributed by atoms with E-state index in [2.05, 4.69) is 0 Å². The van der Waals surface area contributed by atoms with Crippen LogP contribution in [0.5, 0.6) is 0 Å². The van der Waals surface area contributed by atoms with Crippen molar-refractivity contribution in [3.05, 3.63) is 47.2 Å². The second-order valence-corrected chi connectivity index (χ2v) is 7.47. The highest BCUT2D eigenvalue weighted by atomic mass is 32.2. The molecule has 1 fully saturated rings. The lowest BCUT2D eigenvalue weighted by atomic mass is 9.91. The van der Waals surface area contributed by atoms with Crippen molar-refractivity contribution in [2.75, 3.05) is 0 Å². The molecular weight excluding hydrogens is 370 g/mol. The molecule has 0 aromatic heterocycles. The van der Waals surface area contributed by atoms with Gasteiger partial charge >= 0.3 is 11.9 Å². The molecule has 0 N–H and O–H groups in total. The Morgan fingerprint density at radius 2 is 1.89 bits per heavy atom. The van der Waals surface area contributed by atoms with Crippen molar-refractivity contribution in [1.82, 2.24) is 4.90 Å². The van der Waals surface area contributed by atoms with Crippen molar-refractivity contribution in [3.8, 4) is 0 Å². The Labute approximate surface area is 160 Å². The van der Waals surface area contributed by atoms with Gasteiger partial charge in [0, 0.05) is 12.5 Å². The Morgan fingerprint density at radius 3 is 2.52 bits per heavy atom. The van der Waals surface area contributed by atoms with E-state index >= 15 is 0 Å². The number of carbonyl (C=O) groups excluding carboxylic acids is 4. The second-order valence-electron chi connectivity index (χ2n) is 6.38. The van der Waals surface area contributed by atoms with E-state index in [-0.39, 0.29) is 28.9 Å². The fraction of sp³-hybridized carbons (Fsp3) is 0.368. The number of nitrogens with zero attached hydrogens (tertiary/aromatic N) is 1. The Morgan fingerprint density at radius 1 is 1.22 bits per heavy atom. The zero-order valence-corrected chi connectivity index (χ0v) is 15.9. The fourth-order valence-electron chi connectivity index (χ4n) is 3.14. The molecule has 0 spiro atoms. The first-order valence-corrected chi connectivity index (χ1v) is 9.32. The van der Waals surface area contributed by atoms with Crippen LogP contribution in [0.4, 0.5) is 0 Å². The maximum absolute atomic E-state index is 12.6. The van der Waals surface area contributed by atoms with Gasteiger partial charge in [0.1, 0.15) is 29.7 Å². The summed E-state index contributed by atoms with van der Waals surface area (Å²) in [7, 11) is 0. The van der Waals surface area contributed by atoms with Gasteiger partial charge in [-0.1, -0.05) is 42.1 Å². The summed E-state index contributed by atoms with van der Waals surface area (Å²) < 4.78 is 10.4. The summed E-state index contributed by atoms with van der Waals surface area (Å²) in [6.07, 6.45) is -0.684. The van der Waals surface area contributed by atoms with Crippen molar-refractivity contribution < 1.29 is 28.7 Å². The van der Waals surface area contributed by atoms with Crippen LogP contribution >= 0.6 is 11.8 Å². The number of benzene rings is 1. The topological polar surface area (TPSA) is 90.0 Å². The second kappa shape index (κ2) is 7.56. The smallest absolute Gasteiger partial charge is 0.355 e.